The zero-order valence-electron chi connectivity index (χ0n) is 55.7. The fourth-order valence-electron chi connectivity index (χ4n) is 10.8. The van der Waals surface area contributed by atoms with Gasteiger partial charge in [-0.05, 0) is 83.4 Å². The Balaban J connectivity index is 1.16. The number of anilines is 1. The van der Waals surface area contributed by atoms with Crippen molar-refractivity contribution < 1.29 is 82.6 Å². The molecule has 0 aliphatic rings. The summed E-state index contributed by atoms with van der Waals surface area (Å²) in [7, 11) is 1.57. The number of nitrogens with zero attached hydrogens (tertiary/aromatic N) is 9. The minimum Gasteiger partial charge on any atom is -0.491 e. The maximum atomic E-state index is 13.8. The van der Waals surface area contributed by atoms with Crippen molar-refractivity contribution in [3.8, 4) is 23.0 Å². The van der Waals surface area contributed by atoms with Gasteiger partial charge in [-0.3, -0.25) is 62.7 Å². The number of nitrogens with two attached hydrogens (primary N) is 3. The quantitative estimate of drug-likeness (QED) is 0.00799. The summed E-state index contributed by atoms with van der Waals surface area (Å²) in [4.78, 5) is 143. The average molecular weight is 1390 g/mol. The number of allylic oxidation sites excluding steroid dienone is 2. The summed E-state index contributed by atoms with van der Waals surface area (Å²) in [6.07, 6.45) is 1.09. The van der Waals surface area contributed by atoms with Crippen LogP contribution in [0, 0.1) is 19.3 Å². The number of benzene rings is 2. The number of carboxylic acids is 3. The third kappa shape index (κ3) is 19.9. The predicted molar refractivity (Wildman–Crippen MR) is 358 cm³/mol. The number of aryl methyl sites for hydroxylation is 4. The lowest BCUT2D eigenvalue weighted by Crippen LogP contribution is -2.59. The summed E-state index contributed by atoms with van der Waals surface area (Å²) in [5.74, 6) is -11.3. The first-order valence-electron chi connectivity index (χ1n) is 31.7. The molecule has 37 heteroatoms. The van der Waals surface area contributed by atoms with Gasteiger partial charge in [0.25, 0.3) is 0 Å². The lowest BCUT2D eigenvalue weighted by molar-refractivity contribution is -0.143. The van der Waals surface area contributed by atoms with Crippen LogP contribution in [-0.2, 0) is 69.3 Å². The number of rotatable bonds is 40. The lowest BCUT2D eigenvalue weighted by Gasteiger charge is -2.25. The Morgan fingerprint density at radius 3 is 1.75 bits per heavy atom. The molecule has 0 bridgehead atoms. The van der Waals surface area contributed by atoms with E-state index in [-0.39, 0.29) is 87.0 Å². The van der Waals surface area contributed by atoms with E-state index in [1.807, 2.05) is 43.6 Å². The van der Waals surface area contributed by atoms with E-state index in [1.165, 1.54) is 12.1 Å². The van der Waals surface area contributed by atoms with Crippen molar-refractivity contribution in [3.05, 3.63) is 83.0 Å². The lowest BCUT2D eigenvalue weighted by atomic mass is 10.1. The molecule has 7 aromatic rings. The van der Waals surface area contributed by atoms with Crippen LogP contribution in [0.25, 0.3) is 44.5 Å². The number of primary amides is 2. The van der Waals surface area contributed by atoms with Crippen LogP contribution in [0.5, 0.6) is 11.5 Å². The van der Waals surface area contributed by atoms with Crippen LogP contribution in [0.3, 0.4) is 0 Å². The van der Waals surface area contributed by atoms with Crippen LogP contribution < -0.4 is 63.9 Å². The molecule has 7 amide bonds. The number of methoxy groups -OCH3 is 1. The maximum Gasteiger partial charge on any atom is 0.305 e. The number of hydrogen-bond acceptors (Lipinski definition) is 21. The number of aliphatic hydroxyl groups is 1. The maximum absolute atomic E-state index is 13.8. The number of fused-ring (bicyclic) bond motifs is 4. The van der Waals surface area contributed by atoms with Crippen molar-refractivity contribution in [1.82, 2.24) is 75.5 Å². The van der Waals surface area contributed by atoms with Gasteiger partial charge < -0.3 is 98.2 Å². The van der Waals surface area contributed by atoms with Crippen LogP contribution in [0.1, 0.15) is 110 Å². The van der Waals surface area contributed by atoms with Gasteiger partial charge in [-0.15, -0.1) is 0 Å². The van der Waals surface area contributed by atoms with E-state index in [0.29, 0.717) is 82.2 Å². The molecule has 0 fully saturated rings. The Morgan fingerprint density at radius 1 is 0.620 bits per heavy atom. The van der Waals surface area contributed by atoms with Crippen LogP contribution in [0.2, 0.25) is 0 Å². The fourth-order valence-corrected chi connectivity index (χ4v) is 10.8. The highest BCUT2D eigenvalue weighted by atomic mass is 16.5. The first kappa shape index (κ1) is 75.6. The number of imidazole rings is 1. The number of carbonyl (C=O) groups is 10. The number of hydrogen-bond donors (Lipinski definition) is 15. The van der Waals surface area contributed by atoms with E-state index in [1.54, 1.807) is 52.4 Å². The summed E-state index contributed by atoms with van der Waals surface area (Å²) < 4.78 is 25.0. The highest BCUT2D eigenvalue weighted by molar-refractivity contribution is 6.12. The largest absolute Gasteiger partial charge is 0.491 e. The number of aromatic nitrogens is 9. The van der Waals surface area contributed by atoms with Crippen LogP contribution in [0.4, 0.5) is 5.95 Å². The van der Waals surface area contributed by atoms with Crippen molar-refractivity contribution in [2.24, 2.45) is 17.2 Å². The third-order valence-electron chi connectivity index (χ3n) is 15.3. The molecule has 2 aromatic carbocycles. The van der Waals surface area contributed by atoms with Crippen molar-refractivity contribution in [2.75, 3.05) is 45.3 Å². The van der Waals surface area contributed by atoms with Crippen LogP contribution in [-0.4, -0.2) is 193 Å². The minimum atomic E-state index is -2.01. The van der Waals surface area contributed by atoms with Gasteiger partial charge in [-0.25, -0.2) is 15.0 Å². The van der Waals surface area contributed by atoms with Gasteiger partial charge in [0.1, 0.15) is 52.5 Å². The smallest absolute Gasteiger partial charge is 0.305 e. The van der Waals surface area contributed by atoms with Gasteiger partial charge in [0.15, 0.2) is 18.0 Å². The predicted octanol–water partition coefficient (Wildman–Crippen LogP) is 0.155. The standard InChI is InChI=1S/C63H82N20O17/c1-7-82-44(22-32(3)78-82)55-70-31-38-37-24-35(53(64)91)26-46(100-21-13-19-98-6)51(37)80(56(38)76-55)17-9-10-18-81-52-40(75-63(81)77-61(97)45-23-33(4)79-83(45)8-2)25-36(54(65)92)27-47(52)99-20-12-16-68-57(93)41(28-48(85)86)73-60(96)43(30-50(89)90)74-58(94)39(14-11-15-69-62(66)67)72-59(95)42(29-49(87)88)71-34(5)84/h9-10,22-27,31,39,41-43,61,97H,7-8,11-21,28-30H2,1-6H3,(H2,64,91)(H2,65,92)(H,68,93)(H,71,84)(H,72,95)(H,73,96)(H,74,94)(H,75,77)(H,85,86)(H,87,88)(H,89,90)(H4,66,67,69)/b10-9+/t39-,41-,42-,43-,61?/m0/s1. The SMILES string of the molecule is CCn1nc(C)cc1-c1ncc2c3cc(C(N)=O)cc(OCCCOC)c3n(C/C=C/Cn3c(NC(O)c4cc(C)nn4CC)nc4cc(C(N)=O)cc(OCCCNC(=O)[C@H](CC(=O)O)NC(=O)[C@H](CC(=O)O)NC(=O)[C@H](CCCNC(=N)N)NC(=O)[C@H](CC(=O)O)NC(C)=O)c43)c2n1. The van der Waals surface area contributed by atoms with Gasteiger partial charge in [-0.1, -0.05) is 12.2 Å². The first-order chi connectivity index (χ1) is 47.6. The number of carboxylic acid groups (broad SMARTS) is 3. The van der Waals surface area contributed by atoms with E-state index in [4.69, 9.17) is 51.8 Å². The highest BCUT2D eigenvalue weighted by Crippen LogP contribution is 2.37. The number of amides is 7. The Morgan fingerprint density at radius 2 is 1.16 bits per heavy atom. The molecule has 37 nitrogen and oxygen atoms in total. The molecule has 0 saturated carbocycles. The molecule has 5 atom stereocenters. The second kappa shape index (κ2) is 35.0. The Kier molecular flexibility index (Phi) is 26.4. The zero-order chi connectivity index (χ0) is 73.1. The fraction of sp³-hybridized carbons (Fsp3) is 0.429. The first-order valence-corrected chi connectivity index (χ1v) is 31.7. The summed E-state index contributed by atoms with van der Waals surface area (Å²) in [6.45, 7) is 9.69. The van der Waals surface area contributed by atoms with Gasteiger partial charge in [-0.2, -0.15) is 10.2 Å². The summed E-state index contributed by atoms with van der Waals surface area (Å²) in [5.41, 5.74) is 21.3. The number of aliphatic hydroxyl groups excluding tert-OH is 1. The van der Waals surface area contributed by atoms with E-state index in [2.05, 4.69) is 47.4 Å². The molecule has 18 N–H and O–H groups in total. The van der Waals surface area contributed by atoms with Gasteiger partial charge in [0.05, 0.1) is 60.6 Å². The second-order valence-corrected chi connectivity index (χ2v) is 23.0. The summed E-state index contributed by atoms with van der Waals surface area (Å²) in [5, 5.41) is 75.4. The van der Waals surface area contributed by atoms with Gasteiger partial charge in [0.2, 0.25) is 47.3 Å². The van der Waals surface area contributed by atoms with Crippen LogP contribution >= 0.6 is 0 Å². The summed E-state index contributed by atoms with van der Waals surface area (Å²) >= 11 is 0. The molecule has 536 valence electrons. The minimum absolute atomic E-state index is 0.00465. The number of nitrogens with one attached hydrogen (secondary N) is 8. The molecular weight excluding hydrogens is 1310 g/mol. The Labute approximate surface area is 570 Å². The molecule has 0 radical (unpaired) electrons. The molecular formula is C63H82N20O17. The second-order valence-electron chi connectivity index (χ2n) is 23.0. The normalized spacial score (nSPS) is 12.9. The Hall–Kier alpha value is -11.8. The van der Waals surface area contributed by atoms with Crippen molar-refractivity contribution in [3.63, 3.8) is 0 Å². The highest BCUT2D eigenvalue weighted by Gasteiger charge is 2.34. The van der Waals surface area contributed by atoms with E-state index >= 15 is 0 Å². The topological polar surface area (TPSA) is 550 Å². The van der Waals surface area contributed by atoms with Gasteiger partial charge >= 0.3 is 17.9 Å². The number of aliphatic carboxylic acids is 3. The zero-order valence-corrected chi connectivity index (χ0v) is 55.7. The van der Waals surface area contributed by atoms with E-state index < -0.39 is 115 Å². The molecule has 5 heterocycles. The van der Waals surface area contributed by atoms with Crippen LogP contribution in [0.15, 0.2) is 54.7 Å². The molecule has 0 aliphatic carbocycles. The molecule has 0 spiro atoms. The summed E-state index contributed by atoms with van der Waals surface area (Å²) in [6, 6.07) is 2.43. The number of ether oxygens (including phenoxy) is 3. The average Bonchev–Trinajstić information content (AvgIpc) is 1.59. The van der Waals surface area contributed by atoms with Crippen molar-refractivity contribution >= 4 is 104 Å². The van der Waals surface area contributed by atoms with Gasteiger partial charge in [0, 0.05) is 94.4 Å². The van der Waals surface area contributed by atoms with E-state index in [0.717, 1.165) is 12.6 Å². The Bertz CT molecular complexity index is 4230. The number of carbonyl (C=O) groups excluding carboxylic acids is 7. The molecule has 0 saturated heterocycles. The van der Waals surface area contributed by atoms with Crippen molar-refractivity contribution in [1.29, 1.82) is 5.41 Å². The third-order valence-corrected chi connectivity index (χ3v) is 15.3. The van der Waals surface area contributed by atoms with E-state index in [9.17, 15) is 68.4 Å². The van der Waals surface area contributed by atoms with Crippen molar-refractivity contribution in [2.45, 2.75) is 136 Å². The number of guanidine groups is 1. The molecule has 1 unspecified atom stereocenters. The molecule has 0 aliphatic heterocycles. The monoisotopic (exact) mass is 1390 g/mol. The molecule has 5 aromatic heterocycles. The molecule has 100 heavy (non-hydrogen) atoms. The molecule has 7 rings (SSSR count).